The van der Waals surface area contributed by atoms with Gasteiger partial charge in [-0.05, 0) is 24.0 Å². The third-order valence-electron chi connectivity index (χ3n) is 4.87. The molecule has 0 radical (unpaired) electrons. The fraction of sp³-hybridized carbons (Fsp3) is 0.391. The van der Waals surface area contributed by atoms with Crippen LogP contribution in [0.15, 0.2) is 59.2 Å². The molecule has 1 fully saturated rings. The maximum absolute atomic E-state index is 5.50. The predicted molar refractivity (Wildman–Crippen MR) is 117 cm³/mol. The summed E-state index contributed by atoms with van der Waals surface area (Å²) in [4.78, 5) is 11.1. The molecule has 6 nitrogen and oxygen atoms in total. The number of likely N-dealkylation sites (tertiary alicyclic amines) is 1. The number of methoxy groups -OCH3 is 1. The molecule has 29 heavy (non-hydrogen) atoms. The van der Waals surface area contributed by atoms with Crippen molar-refractivity contribution in [2.24, 2.45) is 4.99 Å². The smallest absolute Gasteiger partial charge is 0.213 e. The number of hydrogen-bond donors (Lipinski definition) is 1. The van der Waals surface area contributed by atoms with E-state index in [1.54, 1.807) is 7.11 Å². The van der Waals surface area contributed by atoms with Crippen LogP contribution in [0.5, 0.6) is 5.88 Å². The van der Waals surface area contributed by atoms with E-state index in [4.69, 9.17) is 9.47 Å². The standard InChI is InChI=1S/C23H30N4O2/c1-24-23(26-18-21-8-9-22(25-17-21)29-15-14-28-2)27-12-10-20(11-13-27)16-19-6-4-3-5-7-19/h3-9,16-17H,10-15,18H2,1-2H3,(H,24,26). The molecule has 1 aliphatic heterocycles. The Labute approximate surface area is 173 Å². The van der Waals surface area contributed by atoms with Crippen molar-refractivity contribution in [2.45, 2.75) is 19.4 Å². The molecule has 0 saturated carbocycles. The van der Waals surface area contributed by atoms with Gasteiger partial charge in [0.25, 0.3) is 0 Å². The summed E-state index contributed by atoms with van der Waals surface area (Å²) in [5.41, 5.74) is 3.86. The zero-order valence-corrected chi connectivity index (χ0v) is 17.3. The Kier molecular flexibility index (Phi) is 8.07. The van der Waals surface area contributed by atoms with Gasteiger partial charge in [0.05, 0.1) is 6.61 Å². The third kappa shape index (κ3) is 6.61. The summed E-state index contributed by atoms with van der Waals surface area (Å²) in [5.74, 6) is 1.55. The largest absolute Gasteiger partial charge is 0.475 e. The van der Waals surface area contributed by atoms with Crippen LogP contribution in [0.1, 0.15) is 24.0 Å². The van der Waals surface area contributed by atoms with E-state index >= 15 is 0 Å². The number of benzene rings is 1. The Balaban J connectivity index is 1.47. The van der Waals surface area contributed by atoms with Crippen LogP contribution >= 0.6 is 0 Å². The zero-order valence-electron chi connectivity index (χ0n) is 17.3. The van der Waals surface area contributed by atoms with Crippen LogP contribution < -0.4 is 10.1 Å². The van der Waals surface area contributed by atoms with E-state index in [2.05, 4.69) is 56.6 Å². The molecule has 1 aromatic heterocycles. The minimum atomic E-state index is 0.503. The lowest BCUT2D eigenvalue weighted by Gasteiger charge is -2.31. The number of rotatable bonds is 7. The molecule has 6 heteroatoms. The second kappa shape index (κ2) is 11.2. The summed E-state index contributed by atoms with van der Waals surface area (Å²) in [6.07, 6.45) is 6.27. The monoisotopic (exact) mass is 394 g/mol. The van der Waals surface area contributed by atoms with E-state index < -0.39 is 0 Å². The first kappa shape index (κ1) is 20.9. The first-order chi connectivity index (χ1) is 14.3. The molecule has 1 N–H and O–H groups in total. The highest BCUT2D eigenvalue weighted by atomic mass is 16.5. The lowest BCUT2D eigenvalue weighted by molar-refractivity contribution is 0.143. The summed E-state index contributed by atoms with van der Waals surface area (Å²) in [5, 5.41) is 3.45. The van der Waals surface area contributed by atoms with Crippen molar-refractivity contribution in [3.63, 3.8) is 0 Å². The molecular weight excluding hydrogens is 364 g/mol. The molecule has 2 heterocycles. The fourth-order valence-corrected chi connectivity index (χ4v) is 3.28. The molecule has 0 aliphatic carbocycles. The number of nitrogens with one attached hydrogen (secondary N) is 1. The molecule has 154 valence electrons. The van der Waals surface area contributed by atoms with Gasteiger partial charge in [0.15, 0.2) is 5.96 Å². The van der Waals surface area contributed by atoms with Crippen LogP contribution in [0, 0.1) is 0 Å². The predicted octanol–water partition coefficient (Wildman–Crippen LogP) is 3.36. The van der Waals surface area contributed by atoms with Crippen LogP contribution in [-0.4, -0.2) is 56.3 Å². The van der Waals surface area contributed by atoms with E-state index in [0.29, 0.717) is 25.6 Å². The highest BCUT2D eigenvalue weighted by Gasteiger charge is 2.17. The molecule has 2 aromatic rings. The number of guanidine groups is 1. The average Bonchev–Trinajstić information content (AvgIpc) is 2.77. The SMILES string of the molecule is CN=C(NCc1ccc(OCCOC)nc1)N1CCC(=Cc2ccccc2)CC1. The van der Waals surface area contributed by atoms with Crippen LogP contribution in [0.4, 0.5) is 0 Å². The number of ether oxygens (including phenoxy) is 2. The molecule has 0 spiro atoms. The van der Waals surface area contributed by atoms with E-state index in [1.807, 2.05) is 25.4 Å². The van der Waals surface area contributed by atoms with Gasteiger partial charge >= 0.3 is 0 Å². The van der Waals surface area contributed by atoms with Gasteiger partial charge in [-0.15, -0.1) is 0 Å². The molecule has 3 rings (SSSR count). The minimum absolute atomic E-state index is 0.503. The van der Waals surface area contributed by atoms with Crippen molar-refractivity contribution in [3.8, 4) is 5.88 Å². The molecule has 1 aliphatic rings. The number of aromatic nitrogens is 1. The van der Waals surface area contributed by atoms with E-state index in [1.165, 1.54) is 11.1 Å². The molecule has 0 unspecified atom stereocenters. The van der Waals surface area contributed by atoms with Gasteiger partial charge in [-0.25, -0.2) is 4.98 Å². The number of hydrogen-bond acceptors (Lipinski definition) is 4. The Morgan fingerprint density at radius 2 is 1.93 bits per heavy atom. The minimum Gasteiger partial charge on any atom is -0.475 e. The van der Waals surface area contributed by atoms with Crippen molar-refractivity contribution >= 4 is 12.0 Å². The third-order valence-corrected chi connectivity index (χ3v) is 4.87. The molecule has 0 bridgehead atoms. The van der Waals surface area contributed by atoms with Crippen LogP contribution in [-0.2, 0) is 11.3 Å². The summed E-state index contributed by atoms with van der Waals surface area (Å²) >= 11 is 0. The van der Waals surface area contributed by atoms with Gasteiger partial charge in [0.2, 0.25) is 5.88 Å². The maximum Gasteiger partial charge on any atom is 0.213 e. The van der Waals surface area contributed by atoms with Gasteiger partial charge in [-0.1, -0.05) is 48.0 Å². The second-order valence-corrected chi connectivity index (χ2v) is 6.95. The first-order valence-electron chi connectivity index (χ1n) is 10.1. The topological polar surface area (TPSA) is 59.0 Å². The van der Waals surface area contributed by atoms with Crippen molar-refractivity contribution in [3.05, 3.63) is 65.4 Å². The molecule has 1 aromatic carbocycles. The lowest BCUT2D eigenvalue weighted by atomic mass is 10.0. The second-order valence-electron chi connectivity index (χ2n) is 6.95. The van der Waals surface area contributed by atoms with E-state index in [9.17, 15) is 0 Å². The van der Waals surface area contributed by atoms with Gasteiger partial charge in [0, 0.05) is 46.1 Å². The van der Waals surface area contributed by atoms with Gasteiger partial charge in [-0.3, -0.25) is 4.99 Å². The van der Waals surface area contributed by atoms with Crippen molar-refractivity contribution in [1.82, 2.24) is 15.2 Å². The van der Waals surface area contributed by atoms with Crippen LogP contribution in [0.25, 0.3) is 6.08 Å². The Bertz CT molecular complexity index is 793. The summed E-state index contributed by atoms with van der Waals surface area (Å²) < 4.78 is 10.5. The number of aliphatic imine (C=N–C) groups is 1. The van der Waals surface area contributed by atoms with Crippen LogP contribution in [0.3, 0.4) is 0 Å². The Morgan fingerprint density at radius 1 is 1.14 bits per heavy atom. The number of piperidine rings is 1. The summed E-state index contributed by atoms with van der Waals surface area (Å²) in [6.45, 7) is 3.69. The summed E-state index contributed by atoms with van der Waals surface area (Å²) in [6, 6.07) is 14.4. The van der Waals surface area contributed by atoms with Gasteiger partial charge < -0.3 is 19.7 Å². The highest BCUT2D eigenvalue weighted by Crippen LogP contribution is 2.19. The molecular formula is C23H30N4O2. The summed E-state index contributed by atoms with van der Waals surface area (Å²) in [7, 11) is 3.49. The Morgan fingerprint density at radius 3 is 2.59 bits per heavy atom. The van der Waals surface area contributed by atoms with Crippen molar-refractivity contribution in [1.29, 1.82) is 0 Å². The first-order valence-corrected chi connectivity index (χ1v) is 10.1. The molecule has 0 atom stereocenters. The Hall–Kier alpha value is -2.86. The van der Waals surface area contributed by atoms with Crippen LogP contribution in [0.2, 0.25) is 0 Å². The van der Waals surface area contributed by atoms with E-state index in [0.717, 1.165) is 37.5 Å². The molecule has 0 amide bonds. The zero-order chi connectivity index (χ0) is 20.3. The molecule has 1 saturated heterocycles. The van der Waals surface area contributed by atoms with Crippen molar-refractivity contribution < 1.29 is 9.47 Å². The average molecular weight is 395 g/mol. The number of nitrogens with zero attached hydrogens (tertiary/aromatic N) is 3. The van der Waals surface area contributed by atoms with Gasteiger partial charge in [0.1, 0.15) is 6.61 Å². The number of pyridine rings is 1. The van der Waals surface area contributed by atoms with E-state index in [-0.39, 0.29) is 0 Å². The highest BCUT2D eigenvalue weighted by molar-refractivity contribution is 5.80. The van der Waals surface area contributed by atoms with Crippen molar-refractivity contribution in [2.75, 3.05) is 40.5 Å². The maximum atomic E-state index is 5.50. The fourth-order valence-electron chi connectivity index (χ4n) is 3.28. The quantitative estimate of drug-likeness (QED) is 0.443. The normalized spacial score (nSPS) is 14.6. The van der Waals surface area contributed by atoms with Gasteiger partial charge in [-0.2, -0.15) is 0 Å². The lowest BCUT2D eigenvalue weighted by Crippen LogP contribution is -2.44.